The van der Waals surface area contributed by atoms with Crippen molar-refractivity contribution in [2.24, 2.45) is 17.3 Å². The molecule has 2 fully saturated rings. The van der Waals surface area contributed by atoms with Crippen molar-refractivity contribution < 1.29 is 29.6 Å². The molecule has 3 aliphatic rings. The molecule has 2 heterocycles. The molecule has 294 valence electrons. The van der Waals surface area contributed by atoms with Gasteiger partial charge in [-0.15, -0.1) is 0 Å². The first-order valence-electron chi connectivity index (χ1n) is 20.9. The Hall–Kier alpha value is -2.82. The van der Waals surface area contributed by atoms with Gasteiger partial charge in [0.05, 0.1) is 18.8 Å². The molecular formula is C44H67N3O6. The first kappa shape index (κ1) is 39.9. The number of aromatic hydroxyl groups is 1. The predicted octanol–water partition coefficient (Wildman–Crippen LogP) is 7.39. The van der Waals surface area contributed by atoms with E-state index in [0.29, 0.717) is 48.5 Å². The molecule has 0 bridgehead atoms. The van der Waals surface area contributed by atoms with Crippen LogP contribution in [0.25, 0.3) is 0 Å². The summed E-state index contributed by atoms with van der Waals surface area (Å²) in [5.74, 6) is 3.95. The van der Waals surface area contributed by atoms with Gasteiger partial charge in [-0.3, -0.25) is 0 Å². The summed E-state index contributed by atoms with van der Waals surface area (Å²) in [6.07, 6.45) is 15.7. The summed E-state index contributed by atoms with van der Waals surface area (Å²) >= 11 is 0. The quantitative estimate of drug-likeness (QED) is 0.0638. The van der Waals surface area contributed by atoms with Crippen LogP contribution in [0.2, 0.25) is 0 Å². The number of aliphatic hydroxyl groups is 3. The number of phenols is 1. The minimum atomic E-state index is -0.433. The Morgan fingerprint density at radius 3 is 2.57 bits per heavy atom. The third-order valence-electron chi connectivity index (χ3n) is 12.8. The lowest BCUT2D eigenvalue weighted by Crippen LogP contribution is -2.43. The lowest BCUT2D eigenvalue weighted by atomic mass is 9.65. The average molecular weight is 734 g/mol. The van der Waals surface area contributed by atoms with Crippen LogP contribution in [-0.4, -0.2) is 63.9 Å². The van der Waals surface area contributed by atoms with Crippen LogP contribution < -0.4 is 15.4 Å². The Kier molecular flexibility index (Phi) is 14.0. The normalized spacial score (nSPS) is 22.4. The zero-order chi connectivity index (χ0) is 37.4. The largest absolute Gasteiger partial charge is 0.504 e. The molecule has 2 saturated carbocycles. The van der Waals surface area contributed by atoms with Gasteiger partial charge in [-0.2, -0.15) is 0 Å². The molecule has 0 saturated heterocycles. The van der Waals surface area contributed by atoms with Gasteiger partial charge >= 0.3 is 0 Å². The number of fused-ring (bicyclic) bond motifs is 3. The number of nitrogens with one attached hydrogen (secondary N) is 3. The number of hydrogen-bond donors (Lipinski definition) is 7. The Morgan fingerprint density at radius 2 is 1.83 bits per heavy atom. The van der Waals surface area contributed by atoms with Crippen LogP contribution in [0.1, 0.15) is 143 Å². The van der Waals surface area contributed by atoms with Crippen LogP contribution in [0.5, 0.6) is 11.5 Å². The Labute approximate surface area is 317 Å². The third-order valence-corrected chi connectivity index (χ3v) is 12.8. The number of rotatable bonds is 20. The average Bonchev–Trinajstić information content (AvgIpc) is 3.97. The molecule has 0 amide bonds. The van der Waals surface area contributed by atoms with Gasteiger partial charge in [0.2, 0.25) is 0 Å². The van der Waals surface area contributed by atoms with E-state index in [9.17, 15) is 20.4 Å². The maximum Gasteiger partial charge on any atom is 0.161 e. The minimum absolute atomic E-state index is 0.0106. The highest BCUT2D eigenvalue weighted by Crippen LogP contribution is 2.61. The van der Waals surface area contributed by atoms with Gasteiger partial charge < -0.3 is 45.2 Å². The molecule has 3 aliphatic carbocycles. The molecule has 6 rings (SSSR count). The molecule has 3 aromatic rings. The monoisotopic (exact) mass is 734 g/mol. The molecule has 6 unspecified atom stereocenters. The highest BCUT2D eigenvalue weighted by molar-refractivity contribution is 5.42. The maximum atomic E-state index is 10.9. The highest BCUT2D eigenvalue weighted by atomic mass is 16.5. The van der Waals surface area contributed by atoms with Gasteiger partial charge in [-0.1, -0.05) is 45.6 Å². The van der Waals surface area contributed by atoms with Crippen LogP contribution in [0, 0.1) is 17.3 Å². The van der Waals surface area contributed by atoms with Crippen molar-refractivity contribution >= 4 is 0 Å². The number of aryl methyl sites for hydroxylation is 3. The van der Waals surface area contributed by atoms with E-state index >= 15 is 0 Å². The zero-order valence-corrected chi connectivity index (χ0v) is 32.6. The van der Waals surface area contributed by atoms with E-state index in [0.717, 1.165) is 79.8 Å². The summed E-state index contributed by atoms with van der Waals surface area (Å²) in [7, 11) is 0. The summed E-state index contributed by atoms with van der Waals surface area (Å²) in [5, 5.41) is 48.4. The number of H-pyrrole nitrogens is 1. The van der Waals surface area contributed by atoms with Crippen LogP contribution in [-0.2, 0) is 32.3 Å². The topological polar surface area (TPSA) is 143 Å². The zero-order valence-electron chi connectivity index (χ0n) is 32.6. The lowest BCUT2D eigenvalue weighted by molar-refractivity contribution is 0.105. The number of aromatic amines is 1. The van der Waals surface area contributed by atoms with E-state index in [2.05, 4.69) is 35.5 Å². The predicted molar refractivity (Wildman–Crippen MR) is 209 cm³/mol. The number of hydrogen-bond acceptors (Lipinski definition) is 8. The first-order chi connectivity index (χ1) is 25.8. The Balaban J connectivity index is 1.23. The summed E-state index contributed by atoms with van der Waals surface area (Å²) in [5.41, 5.74) is 6.16. The van der Waals surface area contributed by atoms with Crippen molar-refractivity contribution in [2.75, 3.05) is 26.3 Å². The van der Waals surface area contributed by atoms with E-state index in [1.807, 2.05) is 25.1 Å². The van der Waals surface area contributed by atoms with Crippen LogP contribution >= 0.6 is 0 Å². The molecule has 9 nitrogen and oxygen atoms in total. The fourth-order valence-corrected chi connectivity index (χ4v) is 10.4. The van der Waals surface area contributed by atoms with E-state index in [4.69, 9.17) is 9.15 Å². The highest BCUT2D eigenvalue weighted by Gasteiger charge is 2.53. The van der Waals surface area contributed by atoms with Crippen LogP contribution in [0.3, 0.4) is 0 Å². The van der Waals surface area contributed by atoms with Gasteiger partial charge in [-0.25, -0.2) is 0 Å². The van der Waals surface area contributed by atoms with Crippen LogP contribution in [0.15, 0.2) is 34.7 Å². The number of ether oxygens (including phenoxy) is 1. The second-order valence-electron chi connectivity index (χ2n) is 16.5. The number of aromatic nitrogens is 1. The number of furan rings is 1. The first-order valence-corrected chi connectivity index (χ1v) is 20.9. The second-order valence-corrected chi connectivity index (χ2v) is 16.5. The fraction of sp³-hybridized carbons (Fsp3) is 0.682. The number of benzene rings is 1. The standard InChI is InChI=1S/C44H67N3O6/c1-4-6-14-41-31(27-49)23-32(53-41)17-15-30-16-18-40(51)42(22-30)52-28-39(45-5-2)37-24-34-38(47-37)25-44(19-7-8-20-44)35-12-9-11-33(35)43(34)36(13-10-21-48)46-26-29(3)50/h16,18,22-24,29,33,35-36,39,43,45-51H,4-15,17,19-21,25-28H2,1-3H3. The molecule has 6 atom stereocenters. The van der Waals surface area contributed by atoms with Crippen molar-refractivity contribution in [1.29, 1.82) is 0 Å². The summed E-state index contributed by atoms with van der Waals surface area (Å²) in [6, 6.07) is 10.1. The fourth-order valence-electron chi connectivity index (χ4n) is 10.4. The molecule has 2 aromatic heterocycles. The summed E-state index contributed by atoms with van der Waals surface area (Å²) in [4.78, 5) is 3.97. The number of likely N-dealkylation sites (N-methyl/N-ethyl adjacent to an activating group) is 1. The molecule has 9 heteroatoms. The van der Waals surface area contributed by atoms with Crippen molar-refractivity contribution in [3.05, 3.63) is 69.9 Å². The number of aliphatic hydroxyl groups excluding tert-OH is 3. The van der Waals surface area contributed by atoms with Gasteiger partial charge in [-0.05, 0) is 124 Å². The Morgan fingerprint density at radius 1 is 1.00 bits per heavy atom. The summed E-state index contributed by atoms with van der Waals surface area (Å²) < 4.78 is 12.6. The minimum Gasteiger partial charge on any atom is -0.504 e. The lowest BCUT2D eigenvalue weighted by Gasteiger charge is -2.41. The van der Waals surface area contributed by atoms with Crippen molar-refractivity contribution in [1.82, 2.24) is 15.6 Å². The SMILES string of the molecule is CCCCc1oc(CCc2ccc(O)c(OCC(NCC)c3cc4c([nH]3)CC3(CCCC3)C3CCCC3C4C(CCCO)NCC(C)O)c2)cc1CO. The number of phenolic OH excluding ortho intramolecular Hbond substituents is 1. The second kappa shape index (κ2) is 18.7. The molecule has 0 aliphatic heterocycles. The van der Waals surface area contributed by atoms with Crippen molar-refractivity contribution in [3.8, 4) is 11.5 Å². The maximum absolute atomic E-state index is 10.9. The smallest absolute Gasteiger partial charge is 0.161 e. The van der Waals surface area contributed by atoms with Crippen molar-refractivity contribution in [2.45, 2.75) is 148 Å². The van der Waals surface area contributed by atoms with E-state index in [1.165, 1.54) is 56.2 Å². The van der Waals surface area contributed by atoms with Gasteiger partial charge in [0.15, 0.2) is 11.5 Å². The third kappa shape index (κ3) is 9.35. The van der Waals surface area contributed by atoms with Crippen molar-refractivity contribution in [3.63, 3.8) is 0 Å². The van der Waals surface area contributed by atoms with E-state index < -0.39 is 6.10 Å². The molecule has 1 aromatic carbocycles. The number of unbranched alkanes of at least 4 members (excludes halogenated alkanes) is 1. The summed E-state index contributed by atoms with van der Waals surface area (Å²) in [6.45, 7) is 7.96. The molecule has 1 spiro atoms. The molecule has 0 radical (unpaired) electrons. The molecule has 7 N–H and O–H groups in total. The molecule has 53 heavy (non-hydrogen) atoms. The molecular weight excluding hydrogens is 666 g/mol. The van der Waals surface area contributed by atoms with E-state index in [-0.39, 0.29) is 31.0 Å². The van der Waals surface area contributed by atoms with Gasteiger partial charge in [0, 0.05) is 54.9 Å². The van der Waals surface area contributed by atoms with Gasteiger partial charge in [0.1, 0.15) is 18.1 Å². The Bertz CT molecular complexity index is 1570. The van der Waals surface area contributed by atoms with Crippen LogP contribution in [0.4, 0.5) is 0 Å². The van der Waals surface area contributed by atoms with Gasteiger partial charge in [0.25, 0.3) is 0 Å². The van der Waals surface area contributed by atoms with E-state index in [1.54, 1.807) is 6.07 Å².